The van der Waals surface area contributed by atoms with Crippen LogP contribution in [-0.2, 0) is 0 Å². The number of aryl methyl sites for hydroxylation is 1. The summed E-state index contributed by atoms with van der Waals surface area (Å²) < 4.78 is 11.6. The number of benzene rings is 2. The lowest BCUT2D eigenvalue weighted by Crippen LogP contribution is -2.20. The molecule has 0 spiro atoms. The van der Waals surface area contributed by atoms with Crippen LogP contribution in [0.25, 0.3) is 11.0 Å². The number of hydrogen-bond acceptors (Lipinski definition) is 4. The number of carboxylic acid groups (broad SMARTS) is 1. The number of carboxylic acids is 1. The molecular weight excluding hydrogens is 354 g/mol. The largest absolute Gasteiger partial charge is 0.497 e. The molecule has 0 saturated heterocycles. The molecule has 28 heavy (non-hydrogen) atoms. The molecule has 2 N–H and O–H groups in total. The lowest BCUT2D eigenvalue weighted by atomic mass is 9.90. The summed E-state index contributed by atoms with van der Waals surface area (Å²) in [5, 5.41) is 13.7. The summed E-state index contributed by atoms with van der Waals surface area (Å²) in [6.45, 7) is 6.43. The van der Waals surface area contributed by atoms with Crippen molar-refractivity contribution >= 4 is 22.6 Å². The fraction of sp³-hybridized carbons (Fsp3) is 0.348. The van der Waals surface area contributed by atoms with E-state index < -0.39 is 5.97 Å². The third-order valence-corrected chi connectivity index (χ3v) is 5.44. The zero-order valence-corrected chi connectivity index (χ0v) is 16.8. The number of ether oxygens (including phenoxy) is 1. The van der Waals surface area contributed by atoms with Crippen LogP contribution in [0, 0.1) is 12.8 Å². The number of aromatic carboxylic acids is 1. The summed E-state index contributed by atoms with van der Waals surface area (Å²) in [6.07, 6.45) is 2.00. The highest BCUT2D eigenvalue weighted by molar-refractivity contribution is 5.88. The van der Waals surface area contributed by atoms with Gasteiger partial charge in [0.1, 0.15) is 17.1 Å². The van der Waals surface area contributed by atoms with E-state index in [9.17, 15) is 4.79 Å². The standard InChI is InChI=1S/C23H27NO4/c1-5-15(6-2)21(24-17-9-7-16(8-10-17)23(25)26)22-14(3)19-13-18(27-4)11-12-20(19)28-22/h7-13,15,21,24H,5-6H2,1-4H3,(H,25,26). The maximum absolute atomic E-state index is 11.1. The Kier molecular flexibility index (Phi) is 5.93. The van der Waals surface area contributed by atoms with Crippen molar-refractivity contribution in [3.05, 3.63) is 59.4 Å². The van der Waals surface area contributed by atoms with E-state index in [0.717, 1.165) is 46.6 Å². The van der Waals surface area contributed by atoms with Crippen LogP contribution in [0.1, 0.15) is 54.4 Å². The van der Waals surface area contributed by atoms with Gasteiger partial charge in [-0.05, 0) is 55.3 Å². The minimum absolute atomic E-state index is 0.0101. The normalized spacial score (nSPS) is 12.3. The van der Waals surface area contributed by atoms with E-state index in [1.165, 1.54) is 0 Å². The van der Waals surface area contributed by atoms with Crippen LogP contribution in [0.4, 0.5) is 5.69 Å². The monoisotopic (exact) mass is 381 g/mol. The first-order valence-electron chi connectivity index (χ1n) is 9.65. The number of rotatable bonds is 8. The molecule has 0 aliphatic heterocycles. The smallest absolute Gasteiger partial charge is 0.335 e. The summed E-state index contributed by atoms with van der Waals surface area (Å²) >= 11 is 0. The minimum Gasteiger partial charge on any atom is -0.497 e. The van der Waals surface area contributed by atoms with Crippen molar-refractivity contribution in [3.8, 4) is 5.75 Å². The van der Waals surface area contributed by atoms with E-state index in [1.54, 1.807) is 31.4 Å². The van der Waals surface area contributed by atoms with Gasteiger partial charge in [0.15, 0.2) is 0 Å². The van der Waals surface area contributed by atoms with Gasteiger partial charge in [-0.25, -0.2) is 4.79 Å². The van der Waals surface area contributed by atoms with Crippen LogP contribution in [0.15, 0.2) is 46.9 Å². The predicted octanol–water partition coefficient (Wildman–Crippen LogP) is 6.04. The molecule has 1 heterocycles. The Morgan fingerprint density at radius 2 is 1.82 bits per heavy atom. The van der Waals surface area contributed by atoms with E-state index in [4.69, 9.17) is 14.3 Å². The molecule has 0 amide bonds. The third-order valence-electron chi connectivity index (χ3n) is 5.44. The van der Waals surface area contributed by atoms with Gasteiger partial charge >= 0.3 is 5.97 Å². The van der Waals surface area contributed by atoms with Crippen molar-refractivity contribution in [2.75, 3.05) is 12.4 Å². The zero-order valence-electron chi connectivity index (χ0n) is 16.8. The lowest BCUT2D eigenvalue weighted by molar-refractivity contribution is 0.0697. The Hall–Kier alpha value is -2.95. The molecule has 5 nitrogen and oxygen atoms in total. The quantitative estimate of drug-likeness (QED) is 0.498. The summed E-state index contributed by atoms with van der Waals surface area (Å²) in [5.41, 5.74) is 3.09. The maximum Gasteiger partial charge on any atom is 0.335 e. The highest BCUT2D eigenvalue weighted by atomic mass is 16.5. The average molecular weight is 381 g/mol. The molecule has 2 aromatic carbocycles. The molecule has 5 heteroatoms. The molecule has 0 bridgehead atoms. The first kappa shape index (κ1) is 19.8. The van der Waals surface area contributed by atoms with Crippen LogP contribution >= 0.6 is 0 Å². The van der Waals surface area contributed by atoms with Gasteiger partial charge < -0.3 is 19.6 Å². The Morgan fingerprint density at radius 1 is 1.14 bits per heavy atom. The summed E-state index contributed by atoms with van der Waals surface area (Å²) in [6, 6.07) is 12.7. The first-order chi connectivity index (χ1) is 13.5. The van der Waals surface area contributed by atoms with Crippen LogP contribution in [-0.4, -0.2) is 18.2 Å². The van der Waals surface area contributed by atoms with Gasteiger partial charge in [-0.2, -0.15) is 0 Å². The highest BCUT2D eigenvalue weighted by Gasteiger charge is 2.27. The van der Waals surface area contributed by atoms with Crippen molar-refractivity contribution in [3.63, 3.8) is 0 Å². The zero-order chi connectivity index (χ0) is 20.3. The summed E-state index contributed by atoms with van der Waals surface area (Å²) in [5.74, 6) is 1.17. The molecule has 0 aliphatic rings. The van der Waals surface area contributed by atoms with Crippen LogP contribution in [0.5, 0.6) is 5.75 Å². The molecular formula is C23H27NO4. The SMILES string of the molecule is CCC(CC)C(Nc1ccc(C(=O)O)cc1)c1oc2ccc(OC)cc2c1C. The molecule has 3 rings (SSSR count). The topological polar surface area (TPSA) is 71.7 Å². The van der Waals surface area contributed by atoms with Crippen molar-refractivity contribution in [1.82, 2.24) is 0 Å². The Bertz CT molecular complexity index is 955. The van der Waals surface area contributed by atoms with E-state index in [0.29, 0.717) is 5.92 Å². The molecule has 0 radical (unpaired) electrons. The molecule has 0 aliphatic carbocycles. The summed E-state index contributed by atoms with van der Waals surface area (Å²) in [7, 11) is 1.66. The fourth-order valence-corrected chi connectivity index (χ4v) is 3.69. The fourth-order valence-electron chi connectivity index (χ4n) is 3.69. The minimum atomic E-state index is -0.926. The van der Waals surface area contributed by atoms with Crippen molar-refractivity contribution in [2.24, 2.45) is 5.92 Å². The van der Waals surface area contributed by atoms with Crippen LogP contribution in [0.2, 0.25) is 0 Å². The number of methoxy groups -OCH3 is 1. The van der Waals surface area contributed by atoms with E-state index in [1.807, 2.05) is 18.2 Å². The van der Waals surface area contributed by atoms with E-state index >= 15 is 0 Å². The van der Waals surface area contributed by atoms with Crippen LogP contribution in [0.3, 0.4) is 0 Å². The van der Waals surface area contributed by atoms with Gasteiger partial charge in [0.05, 0.1) is 18.7 Å². The number of fused-ring (bicyclic) bond motifs is 1. The lowest BCUT2D eigenvalue weighted by Gasteiger charge is -2.26. The van der Waals surface area contributed by atoms with Crippen molar-refractivity contribution in [2.45, 2.75) is 39.7 Å². The average Bonchev–Trinajstić information content (AvgIpc) is 3.04. The van der Waals surface area contributed by atoms with Gasteiger partial charge in [-0.15, -0.1) is 0 Å². The number of hydrogen-bond donors (Lipinski definition) is 2. The molecule has 148 valence electrons. The van der Waals surface area contributed by atoms with Crippen LogP contribution < -0.4 is 10.1 Å². The van der Waals surface area contributed by atoms with Gasteiger partial charge in [0.2, 0.25) is 0 Å². The molecule has 1 aromatic heterocycles. The van der Waals surface area contributed by atoms with Gasteiger partial charge in [-0.1, -0.05) is 26.7 Å². The maximum atomic E-state index is 11.1. The number of anilines is 1. The predicted molar refractivity (Wildman–Crippen MR) is 111 cm³/mol. The number of furan rings is 1. The molecule has 3 aromatic rings. The van der Waals surface area contributed by atoms with Gasteiger partial charge in [0, 0.05) is 16.6 Å². The van der Waals surface area contributed by atoms with Crippen molar-refractivity contribution < 1.29 is 19.1 Å². The first-order valence-corrected chi connectivity index (χ1v) is 9.65. The third kappa shape index (κ3) is 3.84. The molecule has 0 saturated carbocycles. The second-order valence-electron chi connectivity index (χ2n) is 7.03. The van der Waals surface area contributed by atoms with Gasteiger partial charge in [-0.3, -0.25) is 0 Å². The van der Waals surface area contributed by atoms with E-state index in [-0.39, 0.29) is 11.6 Å². The molecule has 1 unspecified atom stereocenters. The Morgan fingerprint density at radius 3 is 2.39 bits per heavy atom. The molecule has 0 fully saturated rings. The Labute approximate surface area is 165 Å². The molecule has 1 atom stereocenters. The second kappa shape index (κ2) is 8.38. The van der Waals surface area contributed by atoms with Gasteiger partial charge in [0.25, 0.3) is 0 Å². The van der Waals surface area contributed by atoms with Crippen molar-refractivity contribution in [1.29, 1.82) is 0 Å². The van der Waals surface area contributed by atoms with E-state index in [2.05, 4.69) is 26.1 Å². The highest BCUT2D eigenvalue weighted by Crippen LogP contribution is 2.38. The second-order valence-corrected chi connectivity index (χ2v) is 7.03. The summed E-state index contributed by atoms with van der Waals surface area (Å²) in [4.78, 5) is 11.1. The Balaban J connectivity index is 2.01. The number of carbonyl (C=O) groups is 1. The number of nitrogens with one attached hydrogen (secondary N) is 1.